The molecule has 0 bridgehead atoms. The number of hydrogen-bond donors (Lipinski definition) is 2. The second kappa shape index (κ2) is 6.82. The molecular formula is C12H18N4O5. The Morgan fingerprint density at radius 3 is 2.52 bits per heavy atom. The van der Waals surface area contributed by atoms with Crippen LogP contribution in [0.3, 0.4) is 0 Å². The zero-order chi connectivity index (χ0) is 16.0. The summed E-state index contributed by atoms with van der Waals surface area (Å²) in [6, 6.07) is -1.35. The molecule has 1 aromatic rings. The molecule has 0 aliphatic rings. The molecule has 1 rings (SSSR count). The fourth-order valence-corrected chi connectivity index (χ4v) is 1.45. The lowest BCUT2D eigenvalue weighted by Gasteiger charge is -2.21. The number of aromatic nitrogens is 3. The number of carbonyl (C=O) groups is 3. The van der Waals surface area contributed by atoms with Crippen LogP contribution < -0.4 is 5.32 Å². The fraction of sp³-hybridized carbons (Fsp3) is 0.583. The van der Waals surface area contributed by atoms with Gasteiger partial charge in [-0.2, -0.15) is 5.10 Å². The number of carboxylic acid groups (broad SMARTS) is 1. The first-order chi connectivity index (χ1) is 9.67. The average Bonchev–Trinajstić information content (AvgIpc) is 2.77. The van der Waals surface area contributed by atoms with Gasteiger partial charge < -0.3 is 15.2 Å². The van der Waals surface area contributed by atoms with Crippen LogP contribution in [-0.4, -0.2) is 49.4 Å². The fourth-order valence-electron chi connectivity index (χ4n) is 1.45. The van der Waals surface area contributed by atoms with Gasteiger partial charge in [-0.1, -0.05) is 0 Å². The van der Waals surface area contributed by atoms with E-state index in [0.29, 0.717) is 0 Å². The summed E-state index contributed by atoms with van der Waals surface area (Å²) in [6.45, 7) is 4.83. The largest absolute Gasteiger partial charge is 0.480 e. The maximum atomic E-state index is 11.7. The van der Waals surface area contributed by atoms with Gasteiger partial charge in [-0.3, -0.25) is 9.59 Å². The van der Waals surface area contributed by atoms with E-state index in [0.717, 1.165) is 0 Å². The third-order valence-corrected chi connectivity index (χ3v) is 2.20. The van der Waals surface area contributed by atoms with Gasteiger partial charge in [0.25, 0.3) is 0 Å². The first-order valence-electron chi connectivity index (χ1n) is 6.24. The molecule has 0 aliphatic carbocycles. The van der Waals surface area contributed by atoms with Crippen LogP contribution >= 0.6 is 0 Å². The van der Waals surface area contributed by atoms with Crippen molar-refractivity contribution in [1.82, 2.24) is 20.1 Å². The van der Waals surface area contributed by atoms with E-state index in [9.17, 15) is 14.4 Å². The smallest absolute Gasteiger partial charge is 0.326 e. The van der Waals surface area contributed by atoms with Crippen LogP contribution in [0, 0.1) is 0 Å². The zero-order valence-corrected chi connectivity index (χ0v) is 12.1. The van der Waals surface area contributed by atoms with E-state index in [2.05, 4.69) is 15.4 Å². The first kappa shape index (κ1) is 16.6. The second-order valence-electron chi connectivity index (χ2n) is 5.34. The number of amides is 1. The van der Waals surface area contributed by atoms with Crippen LogP contribution in [0.15, 0.2) is 12.7 Å². The molecule has 0 aromatic carbocycles. The number of esters is 1. The topological polar surface area (TPSA) is 123 Å². The molecule has 9 nitrogen and oxygen atoms in total. The molecule has 21 heavy (non-hydrogen) atoms. The molecule has 0 saturated carbocycles. The van der Waals surface area contributed by atoms with Gasteiger partial charge in [0.15, 0.2) is 0 Å². The Balaban J connectivity index is 2.55. The Kier molecular flexibility index (Phi) is 5.39. The van der Waals surface area contributed by atoms with E-state index in [1.165, 1.54) is 17.3 Å². The summed E-state index contributed by atoms with van der Waals surface area (Å²) in [4.78, 5) is 38.0. The standard InChI is InChI=1S/C12H18N4O5/c1-12(2,3)21-10(18)4-8(11(19)20)15-9(17)5-16-7-13-6-14-16/h6-8H,4-5H2,1-3H3,(H,15,17)(H,19,20)/t8-/m0/s1. The van der Waals surface area contributed by atoms with Crippen molar-refractivity contribution >= 4 is 17.8 Å². The Labute approximate surface area is 121 Å². The molecule has 1 atom stereocenters. The van der Waals surface area contributed by atoms with Crippen molar-refractivity contribution < 1.29 is 24.2 Å². The predicted molar refractivity (Wildman–Crippen MR) is 70.1 cm³/mol. The SMILES string of the molecule is CC(C)(C)OC(=O)C[C@H](NC(=O)Cn1cncn1)C(=O)O. The van der Waals surface area contributed by atoms with Crippen LogP contribution in [0.1, 0.15) is 27.2 Å². The van der Waals surface area contributed by atoms with E-state index >= 15 is 0 Å². The molecule has 2 N–H and O–H groups in total. The zero-order valence-electron chi connectivity index (χ0n) is 12.1. The second-order valence-corrected chi connectivity index (χ2v) is 5.34. The van der Waals surface area contributed by atoms with Crippen molar-refractivity contribution in [2.24, 2.45) is 0 Å². The van der Waals surface area contributed by atoms with E-state index in [-0.39, 0.29) is 6.54 Å². The third kappa shape index (κ3) is 6.50. The number of aliphatic carboxylic acids is 1. The molecule has 9 heteroatoms. The Morgan fingerprint density at radius 1 is 1.38 bits per heavy atom. The number of carbonyl (C=O) groups excluding carboxylic acids is 2. The number of hydrogen-bond acceptors (Lipinski definition) is 6. The van der Waals surface area contributed by atoms with Crippen molar-refractivity contribution in [1.29, 1.82) is 0 Å². The van der Waals surface area contributed by atoms with Gasteiger partial charge in [0.2, 0.25) is 5.91 Å². The summed E-state index contributed by atoms with van der Waals surface area (Å²) in [5, 5.41) is 15.0. The lowest BCUT2D eigenvalue weighted by molar-refractivity contribution is -0.158. The quantitative estimate of drug-likeness (QED) is 0.683. The molecule has 0 fully saturated rings. The summed E-state index contributed by atoms with van der Waals surface area (Å²) >= 11 is 0. The molecule has 1 aromatic heterocycles. The Morgan fingerprint density at radius 2 is 2.05 bits per heavy atom. The summed E-state index contributed by atoms with van der Waals surface area (Å²) in [6.07, 6.45) is 2.13. The monoisotopic (exact) mass is 298 g/mol. The molecule has 1 amide bonds. The van der Waals surface area contributed by atoms with Crippen molar-refractivity contribution in [2.45, 2.75) is 45.4 Å². The van der Waals surface area contributed by atoms with Gasteiger partial charge in [0, 0.05) is 0 Å². The number of nitrogens with zero attached hydrogens (tertiary/aromatic N) is 3. The molecular weight excluding hydrogens is 280 g/mol. The summed E-state index contributed by atoms with van der Waals surface area (Å²) in [5.74, 6) is -2.60. The number of ether oxygens (including phenoxy) is 1. The molecule has 1 heterocycles. The molecule has 0 aliphatic heterocycles. The predicted octanol–water partition coefficient (Wildman–Crippen LogP) is -0.421. The van der Waals surface area contributed by atoms with Crippen LogP contribution in [0.5, 0.6) is 0 Å². The normalized spacial score (nSPS) is 12.5. The summed E-state index contributed by atoms with van der Waals surface area (Å²) < 4.78 is 6.26. The lowest BCUT2D eigenvalue weighted by Crippen LogP contribution is -2.44. The molecule has 0 spiro atoms. The third-order valence-electron chi connectivity index (χ3n) is 2.20. The van der Waals surface area contributed by atoms with Crippen molar-refractivity contribution in [2.75, 3.05) is 0 Å². The van der Waals surface area contributed by atoms with Crippen molar-refractivity contribution in [3.05, 3.63) is 12.7 Å². The number of nitrogens with one attached hydrogen (secondary N) is 1. The highest BCUT2D eigenvalue weighted by atomic mass is 16.6. The van der Waals surface area contributed by atoms with E-state index in [1.54, 1.807) is 20.8 Å². The van der Waals surface area contributed by atoms with E-state index in [4.69, 9.17) is 9.84 Å². The summed E-state index contributed by atoms with van der Waals surface area (Å²) in [7, 11) is 0. The minimum atomic E-state index is -1.35. The highest BCUT2D eigenvalue weighted by Crippen LogP contribution is 2.09. The summed E-state index contributed by atoms with van der Waals surface area (Å²) in [5.41, 5.74) is -0.717. The Bertz CT molecular complexity index is 506. The van der Waals surface area contributed by atoms with Gasteiger partial charge >= 0.3 is 11.9 Å². The molecule has 0 saturated heterocycles. The van der Waals surface area contributed by atoms with Gasteiger partial charge in [-0.25, -0.2) is 14.5 Å². The molecule has 0 unspecified atom stereocenters. The minimum Gasteiger partial charge on any atom is -0.480 e. The van der Waals surface area contributed by atoms with Crippen molar-refractivity contribution in [3.63, 3.8) is 0 Å². The first-order valence-corrected chi connectivity index (χ1v) is 6.24. The molecule has 116 valence electrons. The lowest BCUT2D eigenvalue weighted by atomic mass is 10.1. The van der Waals surface area contributed by atoms with Crippen LogP contribution in [-0.2, 0) is 25.7 Å². The average molecular weight is 298 g/mol. The van der Waals surface area contributed by atoms with Crippen LogP contribution in [0.4, 0.5) is 0 Å². The minimum absolute atomic E-state index is 0.182. The van der Waals surface area contributed by atoms with E-state index < -0.39 is 35.9 Å². The van der Waals surface area contributed by atoms with Crippen molar-refractivity contribution in [3.8, 4) is 0 Å². The van der Waals surface area contributed by atoms with Gasteiger partial charge in [-0.15, -0.1) is 0 Å². The highest BCUT2D eigenvalue weighted by Gasteiger charge is 2.26. The van der Waals surface area contributed by atoms with Gasteiger partial charge in [0.1, 0.15) is 30.8 Å². The highest BCUT2D eigenvalue weighted by molar-refractivity contribution is 5.87. The van der Waals surface area contributed by atoms with Crippen LogP contribution in [0.2, 0.25) is 0 Å². The number of carboxylic acids is 1. The maximum absolute atomic E-state index is 11.7. The van der Waals surface area contributed by atoms with Crippen LogP contribution in [0.25, 0.3) is 0 Å². The van der Waals surface area contributed by atoms with Gasteiger partial charge in [0.05, 0.1) is 6.42 Å². The van der Waals surface area contributed by atoms with E-state index in [1.807, 2.05) is 0 Å². The molecule has 0 radical (unpaired) electrons. The van der Waals surface area contributed by atoms with Gasteiger partial charge in [-0.05, 0) is 20.8 Å². The number of rotatable bonds is 6. The Hall–Kier alpha value is -2.45. The maximum Gasteiger partial charge on any atom is 0.326 e.